The van der Waals surface area contributed by atoms with Crippen LogP contribution in [-0.2, 0) is 36.7 Å². The van der Waals surface area contributed by atoms with Crippen molar-refractivity contribution in [2.24, 2.45) is 0 Å². The van der Waals surface area contributed by atoms with Crippen LogP contribution >= 0.6 is 15.2 Å². The highest BCUT2D eigenvalue weighted by Crippen LogP contribution is 2.51. The number of hydrogen-bond donors (Lipinski definition) is 1. The minimum atomic E-state index is -3.52. The van der Waals surface area contributed by atoms with Crippen LogP contribution in [0.5, 0.6) is 6.01 Å². The van der Waals surface area contributed by atoms with Crippen LogP contribution in [-0.4, -0.2) is 66.4 Å². The Morgan fingerprint density at radius 1 is 0.778 bits per heavy atom. The third kappa shape index (κ3) is 13.4. The Hall–Kier alpha value is -1.10. The molecule has 0 aliphatic carbocycles. The second-order valence-electron chi connectivity index (χ2n) is 9.30. The van der Waals surface area contributed by atoms with Crippen LogP contribution in [0.2, 0.25) is 0 Å². The van der Waals surface area contributed by atoms with Crippen LogP contribution in [0.1, 0.15) is 61.0 Å². The van der Waals surface area contributed by atoms with E-state index in [1.807, 2.05) is 0 Å². The average molecular weight is 556 g/mol. The van der Waals surface area contributed by atoms with Crippen molar-refractivity contribution in [1.82, 2.24) is 9.97 Å². The minimum absolute atomic E-state index is 0.00962. The molecule has 1 aromatic rings. The Morgan fingerprint density at radius 3 is 1.50 bits per heavy atom. The van der Waals surface area contributed by atoms with Gasteiger partial charge in [0.25, 0.3) is 0 Å². The summed E-state index contributed by atoms with van der Waals surface area (Å²) in [7, 11) is -7.05. The van der Waals surface area contributed by atoms with Gasteiger partial charge in [-0.3, -0.25) is 9.13 Å². The third-order valence-corrected chi connectivity index (χ3v) is 7.82. The number of hydrogen-bond acceptors (Lipinski definition) is 12. The van der Waals surface area contributed by atoms with Gasteiger partial charge in [-0.25, -0.2) is 4.98 Å². The summed E-state index contributed by atoms with van der Waals surface area (Å²) >= 11 is 0. The second kappa shape index (κ2) is 15.3. The number of aryl methyl sites for hydroxylation is 1. The molecule has 0 aliphatic heterocycles. The molecular formula is C22H43N3O9P2. The Balaban J connectivity index is 2.92. The summed E-state index contributed by atoms with van der Waals surface area (Å²) in [6.45, 7) is 15.7. The number of nitrogens with zero attached hydrogens (tertiary/aromatic N) is 2. The molecule has 2 N–H and O–H groups in total. The van der Waals surface area contributed by atoms with Gasteiger partial charge in [-0.05, 0) is 62.3 Å². The van der Waals surface area contributed by atoms with Gasteiger partial charge in [-0.2, -0.15) is 4.98 Å². The first-order valence-electron chi connectivity index (χ1n) is 12.0. The maximum absolute atomic E-state index is 13.1. The topological polar surface area (TPSA) is 151 Å². The van der Waals surface area contributed by atoms with Gasteiger partial charge in [0.05, 0.1) is 37.6 Å². The van der Waals surface area contributed by atoms with Crippen LogP contribution < -0.4 is 10.5 Å². The first-order chi connectivity index (χ1) is 16.6. The molecular weight excluding hydrogens is 512 g/mol. The standard InChI is InChI=1S/C22H43N3O9P2/c1-15(2)31-35(26,32-16(3)4)13-28-11-20(30-22-24-10-19(9)21(23)25-22)12-29-14-36(27,33-17(5)6)34-18(7)8/h10,15-18,20H,11-14H2,1-9H3,(H2,23,24,25). The van der Waals surface area contributed by atoms with Crippen molar-refractivity contribution in [1.29, 1.82) is 0 Å². The van der Waals surface area contributed by atoms with Gasteiger partial charge >= 0.3 is 21.2 Å². The summed E-state index contributed by atoms with van der Waals surface area (Å²) in [5.41, 5.74) is 6.56. The van der Waals surface area contributed by atoms with Crippen LogP contribution in [0.3, 0.4) is 0 Å². The Labute approximate surface area is 215 Å². The first-order valence-corrected chi connectivity index (χ1v) is 15.4. The predicted molar refractivity (Wildman–Crippen MR) is 137 cm³/mol. The van der Waals surface area contributed by atoms with Crippen molar-refractivity contribution in [3.05, 3.63) is 11.8 Å². The smallest absolute Gasteiger partial charge is 0.356 e. The zero-order chi connectivity index (χ0) is 27.5. The van der Waals surface area contributed by atoms with E-state index in [2.05, 4.69) is 9.97 Å². The molecule has 14 heteroatoms. The van der Waals surface area contributed by atoms with Gasteiger partial charge in [0, 0.05) is 11.8 Å². The van der Waals surface area contributed by atoms with Gasteiger partial charge in [-0.15, -0.1) is 0 Å². The van der Waals surface area contributed by atoms with Crippen molar-refractivity contribution >= 4 is 21.0 Å². The van der Waals surface area contributed by atoms with Crippen molar-refractivity contribution in [2.45, 2.75) is 92.8 Å². The Kier molecular flexibility index (Phi) is 14.0. The highest BCUT2D eigenvalue weighted by molar-refractivity contribution is 7.53. The van der Waals surface area contributed by atoms with Crippen molar-refractivity contribution in [3.63, 3.8) is 0 Å². The van der Waals surface area contributed by atoms with Crippen LogP contribution in [0.25, 0.3) is 0 Å². The first kappa shape index (κ1) is 32.9. The van der Waals surface area contributed by atoms with Gasteiger partial charge in [0.15, 0.2) is 0 Å². The van der Waals surface area contributed by atoms with Gasteiger partial charge in [-0.1, -0.05) is 0 Å². The summed E-state index contributed by atoms with van der Waals surface area (Å²) in [6, 6.07) is 0.00962. The molecule has 0 radical (unpaired) electrons. The van der Waals surface area contributed by atoms with Gasteiger partial charge < -0.3 is 38.0 Å². The highest BCUT2D eigenvalue weighted by atomic mass is 31.2. The van der Waals surface area contributed by atoms with Crippen LogP contribution in [0.15, 0.2) is 6.20 Å². The van der Waals surface area contributed by atoms with E-state index in [9.17, 15) is 9.13 Å². The van der Waals surface area contributed by atoms with E-state index >= 15 is 0 Å². The number of nitrogens with two attached hydrogens (primary N) is 1. The van der Waals surface area contributed by atoms with E-state index < -0.39 is 21.3 Å². The minimum Gasteiger partial charge on any atom is -0.455 e. The molecule has 0 unspecified atom stereocenters. The SMILES string of the molecule is Cc1cnc(OC(COCP(=O)(OC(C)C)OC(C)C)COCP(=O)(OC(C)C)OC(C)C)nc1N. The van der Waals surface area contributed by atoms with Crippen molar-refractivity contribution in [2.75, 3.05) is 31.6 Å². The van der Waals surface area contributed by atoms with E-state index in [1.54, 1.807) is 62.3 Å². The summed E-state index contributed by atoms with van der Waals surface area (Å²) in [5, 5.41) is 0. The molecule has 0 bridgehead atoms. The lowest BCUT2D eigenvalue weighted by atomic mass is 10.3. The van der Waals surface area contributed by atoms with Crippen LogP contribution in [0.4, 0.5) is 5.82 Å². The molecule has 1 aromatic heterocycles. The summed E-state index contributed by atoms with van der Waals surface area (Å²) < 4.78 is 65.3. The number of rotatable bonds is 18. The maximum atomic E-state index is 13.1. The maximum Gasteiger partial charge on any atom is 0.356 e. The van der Waals surface area contributed by atoms with E-state index in [0.29, 0.717) is 5.56 Å². The lowest BCUT2D eigenvalue weighted by Gasteiger charge is -2.25. The fourth-order valence-electron chi connectivity index (χ4n) is 2.81. The largest absolute Gasteiger partial charge is 0.455 e. The number of ether oxygens (including phenoxy) is 3. The zero-order valence-electron chi connectivity index (χ0n) is 22.8. The molecule has 1 heterocycles. The monoisotopic (exact) mass is 555 g/mol. The molecule has 0 saturated carbocycles. The van der Waals surface area contributed by atoms with Crippen molar-refractivity contribution < 1.29 is 41.4 Å². The number of aromatic nitrogens is 2. The zero-order valence-corrected chi connectivity index (χ0v) is 24.6. The molecule has 0 aromatic carbocycles. The van der Waals surface area contributed by atoms with E-state index in [1.165, 1.54) is 6.20 Å². The molecule has 0 aliphatic rings. The molecule has 0 spiro atoms. The molecule has 12 nitrogen and oxygen atoms in total. The third-order valence-electron chi connectivity index (χ3n) is 3.85. The molecule has 0 atom stereocenters. The molecule has 210 valence electrons. The van der Waals surface area contributed by atoms with Crippen molar-refractivity contribution in [3.8, 4) is 6.01 Å². The number of anilines is 1. The molecule has 0 saturated heterocycles. The van der Waals surface area contributed by atoms with E-state index in [-0.39, 0.29) is 62.2 Å². The van der Waals surface area contributed by atoms with E-state index in [0.717, 1.165) is 0 Å². The fourth-order valence-corrected chi connectivity index (χ4v) is 6.38. The Bertz CT molecular complexity index is 812. The van der Waals surface area contributed by atoms with Gasteiger partial charge in [0.2, 0.25) is 0 Å². The second-order valence-corrected chi connectivity index (χ2v) is 13.1. The highest BCUT2D eigenvalue weighted by Gasteiger charge is 2.31. The summed E-state index contributed by atoms with van der Waals surface area (Å²) in [4.78, 5) is 8.23. The summed E-state index contributed by atoms with van der Waals surface area (Å²) in [6.07, 6.45) is -1.15. The molecule has 36 heavy (non-hydrogen) atoms. The lowest BCUT2D eigenvalue weighted by Crippen LogP contribution is -2.30. The molecule has 0 amide bonds. The normalized spacial score (nSPS) is 13.1. The van der Waals surface area contributed by atoms with Gasteiger partial charge in [0.1, 0.15) is 24.6 Å². The summed E-state index contributed by atoms with van der Waals surface area (Å²) in [5.74, 6) is 0.265. The quantitative estimate of drug-likeness (QED) is 0.239. The molecule has 0 fully saturated rings. The average Bonchev–Trinajstić information content (AvgIpc) is 2.67. The van der Waals surface area contributed by atoms with E-state index in [4.69, 9.17) is 38.0 Å². The van der Waals surface area contributed by atoms with Crippen LogP contribution in [0, 0.1) is 6.92 Å². The lowest BCUT2D eigenvalue weighted by molar-refractivity contribution is -0.00196. The Morgan fingerprint density at radius 2 is 1.17 bits per heavy atom. The predicted octanol–water partition coefficient (Wildman–Crippen LogP) is 5.15. The number of nitrogen functional groups attached to an aromatic ring is 1. The molecule has 1 rings (SSSR count). The fraction of sp³-hybridized carbons (Fsp3) is 0.818.